The number of aromatic nitrogens is 2. The topological polar surface area (TPSA) is 58.2 Å². The molecule has 1 aromatic rings. The van der Waals surface area contributed by atoms with Gasteiger partial charge < -0.3 is 14.6 Å². The van der Waals surface area contributed by atoms with Crippen LogP contribution in [-0.2, 0) is 9.53 Å². The SMILES string of the molecule is Cc1cnc([C@@H]2CN(C(=O)C3CCC(F)(F)CC3)CCO2)[nH]1. The first kappa shape index (κ1) is 15.4. The normalized spacial score (nSPS) is 26.1. The van der Waals surface area contributed by atoms with Crippen molar-refractivity contribution in [3.8, 4) is 0 Å². The van der Waals surface area contributed by atoms with Gasteiger partial charge in [0.1, 0.15) is 11.9 Å². The van der Waals surface area contributed by atoms with Crippen LogP contribution in [0.4, 0.5) is 8.78 Å². The Morgan fingerprint density at radius 1 is 1.45 bits per heavy atom. The van der Waals surface area contributed by atoms with Gasteiger partial charge in [-0.25, -0.2) is 13.8 Å². The number of ether oxygens (including phenoxy) is 1. The lowest BCUT2D eigenvalue weighted by atomic mass is 9.85. The number of alkyl halides is 2. The summed E-state index contributed by atoms with van der Waals surface area (Å²) in [6.45, 7) is 3.30. The van der Waals surface area contributed by atoms with E-state index in [-0.39, 0.29) is 43.6 Å². The van der Waals surface area contributed by atoms with Crippen LogP contribution in [0.5, 0.6) is 0 Å². The van der Waals surface area contributed by atoms with E-state index in [1.54, 1.807) is 11.1 Å². The molecule has 1 aliphatic carbocycles. The third kappa shape index (κ3) is 3.29. The van der Waals surface area contributed by atoms with Gasteiger partial charge in [0.25, 0.3) is 0 Å². The van der Waals surface area contributed by atoms with E-state index in [9.17, 15) is 13.6 Å². The molecule has 1 N–H and O–H groups in total. The second kappa shape index (κ2) is 5.95. The molecule has 0 spiro atoms. The highest BCUT2D eigenvalue weighted by molar-refractivity contribution is 5.79. The van der Waals surface area contributed by atoms with Crippen molar-refractivity contribution < 1.29 is 18.3 Å². The van der Waals surface area contributed by atoms with E-state index >= 15 is 0 Å². The fourth-order valence-corrected chi connectivity index (χ4v) is 3.16. The maximum absolute atomic E-state index is 13.2. The van der Waals surface area contributed by atoms with Crippen molar-refractivity contribution in [2.75, 3.05) is 19.7 Å². The number of nitrogens with one attached hydrogen (secondary N) is 1. The highest BCUT2D eigenvalue weighted by Gasteiger charge is 2.39. The predicted molar refractivity (Wildman–Crippen MR) is 75.5 cm³/mol. The van der Waals surface area contributed by atoms with Crippen LogP contribution in [-0.4, -0.2) is 46.4 Å². The van der Waals surface area contributed by atoms with Crippen molar-refractivity contribution in [3.05, 3.63) is 17.7 Å². The maximum Gasteiger partial charge on any atom is 0.248 e. The second-order valence-corrected chi connectivity index (χ2v) is 6.23. The molecule has 7 heteroatoms. The molecule has 1 amide bonds. The quantitative estimate of drug-likeness (QED) is 0.912. The van der Waals surface area contributed by atoms with Crippen LogP contribution in [0.1, 0.15) is 43.3 Å². The summed E-state index contributed by atoms with van der Waals surface area (Å²) >= 11 is 0. The van der Waals surface area contributed by atoms with Gasteiger partial charge in [-0.05, 0) is 19.8 Å². The molecule has 122 valence electrons. The summed E-state index contributed by atoms with van der Waals surface area (Å²) in [7, 11) is 0. The zero-order valence-electron chi connectivity index (χ0n) is 12.6. The van der Waals surface area contributed by atoms with Crippen LogP contribution in [0, 0.1) is 12.8 Å². The summed E-state index contributed by atoms with van der Waals surface area (Å²) in [5.41, 5.74) is 0.941. The lowest BCUT2D eigenvalue weighted by Gasteiger charge is -2.36. The van der Waals surface area contributed by atoms with Crippen LogP contribution in [0.2, 0.25) is 0 Å². The molecule has 0 aromatic carbocycles. The van der Waals surface area contributed by atoms with Crippen LogP contribution >= 0.6 is 0 Å². The van der Waals surface area contributed by atoms with E-state index < -0.39 is 5.92 Å². The van der Waals surface area contributed by atoms with Crippen molar-refractivity contribution in [3.63, 3.8) is 0 Å². The Morgan fingerprint density at radius 3 is 2.82 bits per heavy atom. The van der Waals surface area contributed by atoms with Crippen molar-refractivity contribution in [2.24, 2.45) is 5.92 Å². The van der Waals surface area contributed by atoms with E-state index in [1.165, 1.54) is 0 Å². The number of halogens is 2. The molecule has 1 saturated carbocycles. The number of aromatic amines is 1. The molecule has 0 bridgehead atoms. The number of carbonyl (C=O) groups excluding carboxylic acids is 1. The van der Waals surface area contributed by atoms with E-state index in [4.69, 9.17) is 4.74 Å². The monoisotopic (exact) mass is 313 g/mol. The lowest BCUT2D eigenvalue weighted by Crippen LogP contribution is -2.46. The molecule has 1 atom stereocenters. The number of imidazole rings is 1. The Kier molecular flexibility index (Phi) is 4.16. The van der Waals surface area contributed by atoms with Gasteiger partial charge >= 0.3 is 0 Å². The largest absolute Gasteiger partial charge is 0.367 e. The smallest absolute Gasteiger partial charge is 0.248 e. The first-order chi connectivity index (χ1) is 10.4. The molecule has 1 aliphatic heterocycles. The fraction of sp³-hybridized carbons (Fsp3) is 0.733. The number of aryl methyl sites for hydroxylation is 1. The highest BCUT2D eigenvalue weighted by atomic mass is 19.3. The van der Waals surface area contributed by atoms with Gasteiger partial charge in [0.2, 0.25) is 11.8 Å². The predicted octanol–water partition coefficient (Wildman–Crippen LogP) is 2.44. The minimum absolute atomic E-state index is 0.0212. The Morgan fingerprint density at radius 2 is 2.18 bits per heavy atom. The molecule has 2 heterocycles. The number of morpholine rings is 1. The molecule has 2 aliphatic rings. The Balaban J connectivity index is 1.61. The van der Waals surface area contributed by atoms with E-state index in [0.717, 1.165) is 5.69 Å². The van der Waals surface area contributed by atoms with Gasteiger partial charge in [-0.1, -0.05) is 0 Å². The number of hydrogen-bond donors (Lipinski definition) is 1. The molecular formula is C15H21F2N3O2. The number of H-pyrrole nitrogens is 1. The Hall–Kier alpha value is -1.50. The van der Waals surface area contributed by atoms with Crippen molar-refractivity contribution in [1.29, 1.82) is 0 Å². The van der Waals surface area contributed by atoms with Gasteiger partial charge in [-0.2, -0.15) is 0 Å². The van der Waals surface area contributed by atoms with Gasteiger partial charge in [-0.3, -0.25) is 4.79 Å². The van der Waals surface area contributed by atoms with Crippen LogP contribution in [0.15, 0.2) is 6.20 Å². The average molecular weight is 313 g/mol. The van der Waals surface area contributed by atoms with Crippen LogP contribution in [0.25, 0.3) is 0 Å². The lowest BCUT2D eigenvalue weighted by molar-refractivity contribution is -0.147. The Labute approximate surface area is 128 Å². The zero-order chi connectivity index (χ0) is 15.7. The molecular weight excluding hydrogens is 292 g/mol. The molecule has 0 radical (unpaired) electrons. The third-order valence-electron chi connectivity index (χ3n) is 4.47. The molecule has 5 nitrogen and oxygen atoms in total. The standard InChI is InChI=1S/C15H21F2N3O2/c1-10-8-18-13(19-10)12-9-20(6-7-22-12)14(21)11-2-4-15(16,17)5-3-11/h8,11-12H,2-7,9H2,1H3,(H,18,19)/t12-/m0/s1. The summed E-state index contributed by atoms with van der Waals surface area (Å²) in [6, 6.07) is 0. The summed E-state index contributed by atoms with van der Waals surface area (Å²) in [5, 5.41) is 0. The summed E-state index contributed by atoms with van der Waals surface area (Å²) < 4.78 is 32.1. The highest BCUT2D eigenvalue weighted by Crippen LogP contribution is 2.37. The van der Waals surface area contributed by atoms with E-state index in [0.29, 0.717) is 25.5 Å². The molecule has 2 fully saturated rings. The fourth-order valence-electron chi connectivity index (χ4n) is 3.16. The minimum Gasteiger partial charge on any atom is -0.367 e. The first-order valence-corrected chi connectivity index (χ1v) is 7.74. The molecule has 1 saturated heterocycles. The minimum atomic E-state index is -2.60. The second-order valence-electron chi connectivity index (χ2n) is 6.23. The number of nitrogens with zero attached hydrogens (tertiary/aromatic N) is 2. The van der Waals surface area contributed by atoms with E-state index in [2.05, 4.69) is 9.97 Å². The van der Waals surface area contributed by atoms with Crippen LogP contribution in [0.3, 0.4) is 0 Å². The average Bonchev–Trinajstić information content (AvgIpc) is 2.93. The Bertz CT molecular complexity index is 537. The maximum atomic E-state index is 13.2. The van der Waals surface area contributed by atoms with Crippen molar-refractivity contribution in [2.45, 2.75) is 44.6 Å². The van der Waals surface area contributed by atoms with Gasteiger partial charge in [0, 0.05) is 37.2 Å². The van der Waals surface area contributed by atoms with Gasteiger partial charge in [-0.15, -0.1) is 0 Å². The first-order valence-electron chi connectivity index (χ1n) is 7.74. The van der Waals surface area contributed by atoms with Crippen LogP contribution < -0.4 is 0 Å². The zero-order valence-corrected chi connectivity index (χ0v) is 12.6. The summed E-state index contributed by atoms with van der Waals surface area (Å²) in [4.78, 5) is 21.6. The van der Waals surface area contributed by atoms with E-state index in [1.807, 2.05) is 6.92 Å². The van der Waals surface area contributed by atoms with Crippen molar-refractivity contribution >= 4 is 5.91 Å². The number of amides is 1. The van der Waals surface area contributed by atoms with Gasteiger partial charge in [0.05, 0.1) is 13.2 Å². The van der Waals surface area contributed by atoms with Crippen molar-refractivity contribution in [1.82, 2.24) is 14.9 Å². The third-order valence-corrected chi connectivity index (χ3v) is 4.47. The van der Waals surface area contributed by atoms with Gasteiger partial charge in [0.15, 0.2) is 0 Å². The summed E-state index contributed by atoms with van der Waals surface area (Å²) in [6.07, 6.45) is 1.63. The summed E-state index contributed by atoms with van der Waals surface area (Å²) in [5.74, 6) is -2.19. The molecule has 0 unspecified atom stereocenters. The molecule has 3 rings (SSSR count). The molecule has 22 heavy (non-hydrogen) atoms. The number of carbonyl (C=O) groups is 1. The number of hydrogen-bond acceptors (Lipinski definition) is 3. The molecule has 1 aromatic heterocycles. The number of rotatable bonds is 2.